The summed E-state index contributed by atoms with van der Waals surface area (Å²) in [5.74, 6) is -13.9. The van der Waals surface area contributed by atoms with Gasteiger partial charge < -0.3 is 61.8 Å². The number of amides is 5. The molecule has 11 N–H and O–H groups in total. The Morgan fingerprint density at radius 1 is 0.793 bits per heavy atom. The van der Waals surface area contributed by atoms with Gasteiger partial charge in [-0.25, -0.2) is 0 Å². The van der Waals surface area contributed by atoms with E-state index < -0.39 is 163 Å². The quantitative estimate of drug-likeness (QED) is 0.0573. The fourth-order valence-corrected chi connectivity index (χ4v) is 14.4. The SMILES string of the molecule is CC(C)C[C@@H]1CC(=O)CNC(=O)[C@H](Cc2ccc(O)c(Cl)c2)CC(=O)[C@H]2C[C@@H](O)CN2C(=O)[C@@H](NC(=O)[C@@H](CCC(=O)O)CC(=O)[C@H](Cc2c[nH]c3ccccc23)NC(=O)CCC(C(=O)O)N2CCN(CC(=O)O)CCN(CC(=O)O)CC2)CSSC[C@@H](C)NC1=O. The number of para-hydroxylation sites is 1. The molecule has 0 aliphatic carbocycles. The maximum atomic E-state index is 15.0. The third-order valence-corrected chi connectivity index (χ3v) is 19.4. The van der Waals surface area contributed by atoms with Crippen molar-refractivity contribution in [1.82, 2.24) is 45.9 Å². The fraction of sp³-hybridized carbons (Fsp3) is 0.581. The van der Waals surface area contributed by atoms with Crippen LogP contribution >= 0.6 is 33.2 Å². The number of benzene rings is 2. The van der Waals surface area contributed by atoms with Crippen molar-refractivity contribution in [3.8, 4) is 5.75 Å². The lowest BCUT2D eigenvalue weighted by Gasteiger charge is -2.30. The van der Waals surface area contributed by atoms with Crippen LogP contribution in [0.1, 0.15) is 89.7 Å². The molecule has 27 nitrogen and oxygen atoms in total. The van der Waals surface area contributed by atoms with Gasteiger partial charge in [-0.05, 0) is 67.9 Å². The van der Waals surface area contributed by atoms with Crippen LogP contribution in [0.25, 0.3) is 10.9 Å². The molecule has 0 spiro atoms. The smallest absolute Gasteiger partial charge is 0.320 e. The molecule has 1 unspecified atom stereocenters. The number of hydrogen-bond donors (Lipinski definition) is 11. The second kappa shape index (κ2) is 35.8. The maximum Gasteiger partial charge on any atom is 0.320 e. The molecule has 9 atom stereocenters. The molecule has 3 aliphatic rings. The Labute approximate surface area is 545 Å². The maximum absolute atomic E-state index is 15.0. The Morgan fingerprint density at radius 3 is 2.10 bits per heavy atom. The lowest BCUT2D eigenvalue weighted by molar-refractivity contribution is -0.145. The molecule has 3 saturated heterocycles. The van der Waals surface area contributed by atoms with E-state index in [4.69, 9.17) is 11.6 Å². The van der Waals surface area contributed by atoms with Crippen LogP contribution in [0, 0.1) is 23.7 Å². The highest BCUT2D eigenvalue weighted by Gasteiger charge is 2.43. The number of nitrogens with one attached hydrogen (secondary N) is 5. The number of nitrogens with zero attached hydrogens (tertiary/aromatic N) is 4. The lowest BCUT2D eigenvalue weighted by atomic mass is 9.90. The summed E-state index contributed by atoms with van der Waals surface area (Å²) in [5, 5.41) is 72.6. The standard InChI is InChI=1S/C62H84ClN9O18S2/c1-35(2)20-39-23-42(73)29-65-58(85)40(21-37-8-11-51(75)45(63)22-37)26-53(77)50-27-43(74)30-72(50)61(88)48(34-92-91-33-36(3)66-60(39)87)68-59(86)38(9-13-55(79)80)25-52(76)47(24-41-28-64-46-7-5-4-6-44(41)46)67-54(78)12-10-49(62(89)90)71-18-16-69(31-56(81)82)14-15-70(17-19-71)32-57(83)84/h4-8,11,22,28,35-36,38-40,43,47-50,64,74-75H,9-10,12-21,23-27,29-34H2,1-3H3,(H,65,85)(H,66,87)(H,67,78)(H,68,86)(H,79,80)(H,81,82)(H,83,84)(H,89,90)/t36-,38+,39-,40-,43-,47+,48+,49?,50-/m1/s1. The first-order chi connectivity index (χ1) is 43.6. The minimum Gasteiger partial charge on any atom is -0.506 e. The van der Waals surface area contributed by atoms with E-state index in [1.54, 1.807) is 47.2 Å². The summed E-state index contributed by atoms with van der Waals surface area (Å²) >= 11 is 6.23. The number of aromatic amines is 1. The summed E-state index contributed by atoms with van der Waals surface area (Å²) in [6, 6.07) is 5.28. The van der Waals surface area contributed by atoms with Crippen LogP contribution < -0.4 is 21.3 Å². The number of Topliss-reactive ketones (excluding diaryl/α,β-unsaturated/α-hetero) is 3. The van der Waals surface area contributed by atoms with Crippen molar-refractivity contribution in [3.05, 3.63) is 64.8 Å². The Morgan fingerprint density at radius 2 is 1.46 bits per heavy atom. The van der Waals surface area contributed by atoms with Crippen LogP contribution in [0.15, 0.2) is 48.7 Å². The van der Waals surface area contributed by atoms with Gasteiger partial charge >= 0.3 is 23.9 Å². The molecule has 4 heterocycles. The number of ketones is 3. The summed E-state index contributed by atoms with van der Waals surface area (Å²) in [6.45, 7) is 4.65. The van der Waals surface area contributed by atoms with Crippen LogP contribution in [0.4, 0.5) is 0 Å². The molecule has 3 aromatic rings. The van der Waals surface area contributed by atoms with Gasteiger partial charge in [0, 0.05) is 143 Å². The topological polar surface area (TPSA) is 403 Å². The number of aliphatic hydroxyl groups is 1. The van der Waals surface area contributed by atoms with Gasteiger partial charge in [0.15, 0.2) is 17.3 Å². The third kappa shape index (κ3) is 23.1. The van der Waals surface area contributed by atoms with Gasteiger partial charge in [0.05, 0.1) is 42.8 Å². The van der Waals surface area contributed by atoms with Gasteiger partial charge in [0.25, 0.3) is 0 Å². The molecule has 30 heteroatoms. The first-order valence-electron chi connectivity index (χ1n) is 30.7. The van der Waals surface area contributed by atoms with Gasteiger partial charge in [-0.3, -0.25) is 72.2 Å². The molecular weight excluding hydrogens is 1260 g/mol. The van der Waals surface area contributed by atoms with Crippen LogP contribution in [0.2, 0.25) is 5.02 Å². The minimum atomic E-state index is -1.50. The van der Waals surface area contributed by atoms with Crippen molar-refractivity contribution in [2.24, 2.45) is 23.7 Å². The molecule has 504 valence electrons. The van der Waals surface area contributed by atoms with Crippen LogP contribution in [0.5, 0.6) is 5.75 Å². The number of aromatic nitrogens is 1. The van der Waals surface area contributed by atoms with E-state index in [0.29, 0.717) is 28.5 Å². The zero-order chi connectivity index (χ0) is 67.3. The highest BCUT2D eigenvalue weighted by atomic mass is 35.5. The molecule has 0 saturated carbocycles. The number of phenols is 1. The third-order valence-electron chi connectivity index (χ3n) is 16.5. The van der Waals surface area contributed by atoms with Gasteiger partial charge in [-0.15, -0.1) is 0 Å². The number of aromatic hydroxyl groups is 1. The number of aliphatic carboxylic acids is 4. The number of halogens is 1. The van der Waals surface area contributed by atoms with Gasteiger partial charge in [-0.2, -0.15) is 0 Å². The monoisotopic (exact) mass is 1340 g/mol. The Kier molecular flexibility index (Phi) is 28.7. The molecule has 2 aromatic carbocycles. The Balaban J connectivity index is 1.28. The number of carboxylic acid groups (broad SMARTS) is 4. The van der Waals surface area contributed by atoms with Crippen LogP contribution in [0.3, 0.4) is 0 Å². The molecule has 0 bridgehead atoms. The van der Waals surface area contributed by atoms with E-state index in [1.807, 2.05) is 13.8 Å². The lowest BCUT2D eigenvalue weighted by Crippen LogP contribution is -2.54. The van der Waals surface area contributed by atoms with E-state index in [2.05, 4.69) is 26.3 Å². The van der Waals surface area contributed by atoms with E-state index in [0.717, 1.165) is 15.7 Å². The van der Waals surface area contributed by atoms with Gasteiger partial charge in [0.1, 0.15) is 17.8 Å². The van der Waals surface area contributed by atoms with Crippen molar-refractivity contribution >= 4 is 115 Å². The molecule has 0 radical (unpaired) electrons. The number of hydrogen-bond acceptors (Lipinski definition) is 19. The second-order valence-electron chi connectivity index (χ2n) is 24.3. The Bertz CT molecular complexity index is 3120. The summed E-state index contributed by atoms with van der Waals surface area (Å²) in [4.78, 5) is 172. The number of carboxylic acids is 4. The first-order valence-corrected chi connectivity index (χ1v) is 33.6. The molecule has 3 fully saturated rings. The van der Waals surface area contributed by atoms with Gasteiger partial charge in [-0.1, -0.05) is 71.3 Å². The van der Waals surface area contributed by atoms with Crippen LogP contribution in [-0.4, -0.2) is 239 Å². The van der Waals surface area contributed by atoms with Crippen molar-refractivity contribution in [2.45, 2.75) is 128 Å². The van der Waals surface area contributed by atoms with Crippen molar-refractivity contribution in [2.75, 3.05) is 77.0 Å². The molecule has 1 aromatic heterocycles. The van der Waals surface area contributed by atoms with E-state index in [-0.39, 0.29) is 119 Å². The average Bonchev–Trinajstić information content (AvgIpc) is 1.76. The zero-order valence-corrected chi connectivity index (χ0v) is 54.1. The average molecular weight is 1340 g/mol. The number of aliphatic hydroxyl groups excluding tert-OH is 1. The molecular formula is C62H84ClN9O18S2. The molecule has 5 amide bonds. The predicted molar refractivity (Wildman–Crippen MR) is 340 cm³/mol. The van der Waals surface area contributed by atoms with Crippen molar-refractivity contribution in [3.63, 3.8) is 0 Å². The number of H-pyrrole nitrogens is 1. The molecule has 92 heavy (non-hydrogen) atoms. The zero-order valence-electron chi connectivity index (χ0n) is 51.7. The number of carbonyl (C=O) groups is 12. The fourth-order valence-electron chi connectivity index (χ4n) is 11.8. The van der Waals surface area contributed by atoms with Gasteiger partial charge in [0.2, 0.25) is 29.5 Å². The van der Waals surface area contributed by atoms with E-state index in [9.17, 15) is 83.4 Å². The largest absolute Gasteiger partial charge is 0.506 e. The highest BCUT2D eigenvalue weighted by Crippen LogP contribution is 2.31. The van der Waals surface area contributed by atoms with E-state index in [1.165, 1.54) is 33.9 Å². The highest BCUT2D eigenvalue weighted by molar-refractivity contribution is 8.76. The number of phenolic OH excluding ortho intramolecular Hbond substituents is 1. The summed E-state index contributed by atoms with van der Waals surface area (Å²) in [7, 11) is 2.35. The number of rotatable bonds is 24. The predicted octanol–water partition coefficient (Wildman–Crippen LogP) is 2.22. The minimum absolute atomic E-state index is 0.00771. The van der Waals surface area contributed by atoms with E-state index >= 15 is 4.79 Å². The van der Waals surface area contributed by atoms with Crippen molar-refractivity contribution in [1.29, 1.82) is 0 Å². The summed E-state index contributed by atoms with van der Waals surface area (Å²) in [5.41, 5.74) is 1.69. The molecule has 3 aliphatic heterocycles. The summed E-state index contributed by atoms with van der Waals surface area (Å²) < 4.78 is 0. The summed E-state index contributed by atoms with van der Waals surface area (Å²) in [6.07, 6.45) is -3.01. The molecule has 6 rings (SSSR count). The normalized spacial score (nSPS) is 22.8. The number of carbonyl (C=O) groups excluding carboxylic acids is 8. The van der Waals surface area contributed by atoms with Crippen LogP contribution in [-0.2, 0) is 70.4 Å². The first kappa shape index (κ1) is 73.9. The van der Waals surface area contributed by atoms with Crippen molar-refractivity contribution < 1.29 is 88.2 Å². The Hall–Kier alpha value is -7.15. The number of fused-ring (bicyclic) bond motifs is 2. The second-order valence-corrected chi connectivity index (χ2v) is 27.3.